The van der Waals surface area contributed by atoms with Gasteiger partial charge in [0.25, 0.3) is 0 Å². The van der Waals surface area contributed by atoms with Crippen LogP contribution in [0.5, 0.6) is 0 Å². The minimum Gasteiger partial charge on any atom is -0.460 e. The third-order valence-corrected chi connectivity index (χ3v) is 5.29. The molecule has 2 amide bonds. The number of hydrogen-bond acceptors (Lipinski definition) is 6. The van der Waals surface area contributed by atoms with E-state index < -0.39 is 5.60 Å². The van der Waals surface area contributed by atoms with Gasteiger partial charge < -0.3 is 9.64 Å². The van der Waals surface area contributed by atoms with E-state index in [4.69, 9.17) is 9.72 Å². The molecule has 7 heteroatoms. The van der Waals surface area contributed by atoms with Crippen LogP contribution < -0.4 is 10.2 Å². The molecule has 1 unspecified atom stereocenters. The lowest BCUT2D eigenvalue weighted by Gasteiger charge is -2.33. The highest BCUT2D eigenvalue weighted by molar-refractivity contribution is 6.01. The Labute approximate surface area is 165 Å². The number of aryl methyl sites for hydroxylation is 1. The van der Waals surface area contributed by atoms with Crippen molar-refractivity contribution in [1.82, 2.24) is 10.3 Å². The summed E-state index contributed by atoms with van der Waals surface area (Å²) in [6.45, 7) is 9.04. The van der Waals surface area contributed by atoms with Crippen molar-refractivity contribution in [3.8, 4) is 0 Å². The number of nitrogens with zero attached hydrogens (tertiary/aromatic N) is 2. The summed E-state index contributed by atoms with van der Waals surface area (Å²) in [4.78, 5) is 42.6. The van der Waals surface area contributed by atoms with Gasteiger partial charge in [0, 0.05) is 25.2 Å². The maximum atomic E-state index is 12.3. The molecule has 1 aromatic rings. The summed E-state index contributed by atoms with van der Waals surface area (Å²) >= 11 is 0. The zero-order valence-electron chi connectivity index (χ0n) is 17.1. The van der Waals surface area contributed by atoms with Crippen LogP contribution in [-0.2, 0) is 19.1 Å². The Morgan fingerprint density at radius 1 is 1.18 bits per heavy atom. The number of carbonyl (C=O) groups is 3. The van der Waals surface area contributed by atoms with E-state index in [9.17, 15) is 14.4 Å². The topological polar surface area (TPSA) is 88.6 Å². The summed E-state index contributed by atoms with van der Waals surface area (Å²) in [6.07, 6.45) is 2.36. The molecule has 0 radical (unpaired) electrons. The summed E-state index contributed by atoms with van der Waals surface area (Å²) in [7, 11) is 0. The van der Waals surface area contributed by atoms with Gasteiger partial charge in [-0.1, -0.05) is 6.07 Å². The van der Waals surface area contributed by atoms with Crippen molar-refractivity contribution < 1.29 is 19.1 Å². The number of carbonyl (C=O) groups excluding carboxylic acids is 3. The molecule has 2 saturated heterocycles. The van der Waals surface area contributed by atoms with Gasteiger partial charge in [-0.05, 0) is 58.6 Å². The number of amides is 2. The van der Waals surface area contributed by atoms with Crippen molar-refractivity contribution in [2.24, 2.45) is 5.92 Å². The summed E-state index contributed by atoms with van der Waals surface area (Å²) in [5.41, 5.74) is 1.22. The summed E-state index contributed by atoms with van der Waals surface area (Å²) in [6, 6.07) is 3.87. The van der Waals surface area contributed by atoms with Crippen LogP contribution >= 0.6 is 0 Å². The van der Waals surface area contributed by atoms with Crippen LogP contribution in [0, 0.1) is 12.8 Å². The Hall–Kier alpha value is -2.44. The molecule has 0 bridgehead atoms. The second kappa shape index (κ2) is 7.89. The lowest BCUT2D eigenvalue weighted by atomic mass is 9.89. The first-order chi connectivity index (χ1) is 13.1. The number of imide groups is 1. The van der Waals surface area contributed by atoms with Crippen LogP contribution in [0.15, 0.2) is 12.1 Å². The number of hydrogen-bond donors (Lipinski definition) is 1. The lowest BCUT2D eigenvalue weighted by Crippen LogP contribution is -2.40. The number of pyridine rings is 1. The maximum absolute atomic E-state index is 12.3. The second-order valence-electron chi connectivity index (χ2n) is 8.64. The van der Waals surface area contributed by atoms with Gasteiger partial charge in [0.2, 0.25) is 11.8 Å². The Morgan fingerprint density at radius 3 is 2.43 bits per heavy atom. The van der Waals surface area contributed by atoms with Crippen molar-refractivity contribution in [3.05, 3.63) is 23.4 Å². The fourth-order valence-corrected chi connectivity index (χ4v) is 3.82. The zero-order chi connectivity index (χ0) is 20.5. The first-order valence-corrected chi connectivity index (χ1v) is 9.93. The Morgan fingerprint density at radius 2 is 1.86 bits per heavy atom. The first kappa shape index (κ1) is 20.3. The van der Waals surface area contributed by atoms with E-state index in [1.54, 1.807) is 0 Å². The zero-order valence-corrected chi connectivity index (χ0v) is 17.1. The van der Waals surface area contributed by atoms with Crippen molar-refractivity contribution in [2.45, 2.75) is 64.9 Å². The van der Waals surface area contributed by atoms with Crippen LogP contribution in [0.2, 0.25) is 0 Å². The van der Waals surface area contributed by atoms with Gasteiger partial charge >= 0.3 is 5.97 Å². The van der Waals surface area contributed by atoms with Gasteiger partial charge in [-0.3, -0.25) is 19.7 Å². The average Bonchev–Trinajstić information content (AvgIpc) is 2.61. The average molecular weight is 387 g/mol. The third-order valence-electron chi connectivity index (χ3n) is 5.29. The van der Waals surface area contributed by atoms with Crippen LogP contribution in [0.3, 0.4) is 0 Å². The Balaban J connectivity index is 1.63. The molecular weight excluding hydrogens is 358 g/mol. The molecule has 2 fully saturated rings. The Kier molecular flexibility index (Phi) is 5.72. The normalized spacial score (nSPS) is 21.4. The van der Waals surface area contributed by atoms with Crippen molar-refractivity contribution in [1.29, 1.82) is 0 Å². The molecule has 152 valence electrons. The third kappa shape index (κ3) is 4.69. The number of aromatic nitrogens is 1. The van der Waals surface area contributed by atoms with E-state index >= 15 is 0 Å². The number of nitrogens with one attached hydrogen (secondary N) is 1. The summed E-state index contributed by atoms with van der Waals surface area (Å²) in [5, 5.41) is 2.40. The van der Waals surface area contributed by atoms with Gasteiger partial charge in [0.05, 0.1) is 11.8 Å². The Bertz CT molecular complexity index is 776. The van der Waals surface area contributed by atoms with E-state index in [0.29, 0.717) is 12.8 Å². The van der Waals surface area contributed by atoms with Crippen molar-refractivity contribution >= 4 is 23.6 Å². The molecule has 2 aliphatic heterocycles. The van der Waals surface area contributed by atoms with E-state index in [1.165, 1.54) is 0 Å². The van der Waals surface area contributed by atoms with E-state index in [-0.39, 0.29) is 29.6 Å². The van der Waals surface area contributed by atoms with Gasteiger partial charge in [-0.2, -0.15) is 0 Å². The van der Waals surface area contributed by atoms with Crippen LogP contribution in [0.1, 0.15) is 63.6 Å². The molecule has 28 heavy (non-hydrogen) atoms. The molecule has 0 aromatic carbocycles. The van der Waals surface area contributed by atoms with Gasteiger partial charge in [0.15, 0.2) is 0 Å². The monoisotopic (exact) mass is 387 g/mol. The molecular formula is C21H29N3O4. The highest BCUT2D eigenvalue weighted by Gasteiger charge is 2.31. The number of ether oxygens (including phenoxy) is 1. The fourth-order valence-electron chi connectivity index (χ4n) is 3.82. The van der Waals surface area contributed by atoms with Gasteiger partial charge in [-0.15, -0.1) is 0 Å². The van der Waals surface area contributed by atoms with E-state index in [2.05, 4.69) is 10.2 Å². The van der Waals surface area contributed by atoms with Crippen LogP contribution in [0.4, 0.5) is 5.82 Å². The van der Waals surface area contributed by atoms with Gasteiger partial charge in [0.1, 0.15) is 11.4 Å². The lowest BCUT2D eigenvalue weighted by molar-refractivity contribution is -0.160. The quantitative estimate of drug-likeness (QED) is 0.633. The predicted molar refractivity (Wildman–Crippen MR) is 105 cm³/mol. The smallest absolute Gasteiger partial charge is 0.309 e. The number of piperidine rings is 2. The number of esters is 1. The molecule has 7 nitrogen and oxygen atoms in total. The molecule has 3 heterocycles. The largest absolute Gasteiger partial charge is 0.460 e. The molecule has 2 aliphatic rings. The molecule has 1 N–H and O–H groups in total. The maximum Gasteiger partial charge on any atom is 0.309 e. The van der Waals surface area contributed by atoms with Crippen molar-refractivity contribution in [2.75, 3.05) is 18.0 Å². The number of rotatable bonds is 3. The second-order valence-corrected chi connectivity index (χ2v) is 8.64. The summed E-state index contributed by atoms with van der Waals surface area (Å²) in [5.74, 6) is -0.111. The fraction of sp³-hybridized carbons (Fsp3) is 0.619. The van der Waals surface area contributed by atoms with E-state index in [0.717, 1.165) is 43.0 Å². The SMILES string of the molecule is Cc1nc(N2CCC(C(=O)OC(C)(C)C)CC2)ccc1C1CCC(=O)NC1=O. The first-order valence-electron chi connectivity index (χ1n) is 9.93. The molecule has 0 saturated carbocycles. The highest BCUT2D eigenvalue weighted by atomic mass is 16.6. The van der Waals surface area contributed by atoms with Crippen LogP contribution in [-0.4, -0.2) is 41.5 Å². The van der Waals surface area contributed by atoms with E-state index in [1.807, 2.05) is 39.8 Å². The highest BCUT2D eigenvalue weighted by Crippen LogP contribution is 2.30. The van der Waals surface area contributed by atoms with Crippen LogP contribution in [0.25, 0.3) is 0 Å². The predicted octanol–water partition coefficient (Wildman–Crippen LogP) is 2.47. The molecule has 0 aliphatic carbocycles. The molecule has 1 atom stereocenters. The molecule has 1 aromatic heterocycles. The summed E-state index contributed by atoms with van der Waals surface area (Å²) < 4.78 is 5.50. The minimum absolute atomic E-state index is 0.0701. The minimum atomic E-state index is -0.460. The van der Waals surface area contributed by atoms with Crippen molar-refractivity contribution in [3.63, 3.8) is 0 Å². The molecule has 0 spiro atoms. The standard InChI is InChI=1S/C21H29N3O4/c1-13-15(16-6-8-18(25)23-19(16)26)5-7-17(22-13)24-11-9-14(10-12-24)20(27)28-21(2,3)4/h5,7,14,16H,6,8-12H2,1-4H3,(H,23,25,26). The number of anilines is 1. The molecule has 3 rings (SSSR count). The van der Waals surface area contributed by atoms with Gasteiger partial charge in [-0.25, -0.2) is 4.98 Å².